The van der Waals surface area contributed by atoms with Crippen LogP contribution in [0.4, 0.5) is 11.5 Å². The smallest absolute Gasteiger partial charge is 0.145 e. The molecule has 2 N–H and O–H groups in total. The molecule has 164 valence electrons. The average Bonchev–Trinajstić information content (AvgIpc) is 2.86. The van der Waals surface area contributed by atoms with Crippen LogP contribution in [0.15, 0.2) is 67.3 Å². The van der Waals surface area contributed by atoms with Crippen LogP contribution in [0.2, 0.25) is 0 Å². The van der Waals surface area contributed by atoms with Crippen molar-refractivity contribution in [3.05, 3.63) is 78.4 Å². The van der Waals surface area contributed by atoms with E-state index < -0.39 is 0 Å². The van der Waals surface area contributed by atoms with Crippen LogP contribution in [0, 0.1) is 18.8 Å². The van der Waals surface area contributed by atoms with Gasteiger partial charge in [-0.2, -0.15) is 0 Å². The molecule has 7 nitrogen and oxygen atoms in total. The van der Waals surface area contributed by atoms with Crippen LogP contribution >= 0.6 is 0 Å². The monoisotopic (exact) mass is 437 g/mol. The van der Waals surface area contributed by atoms with Crippen LogP contribution in [0.1, 0.15) is 11.1 Å². The molecule has 0 amide bonds. The Balaban J connectivity index is 1.38. The number of nitrogens with one attached hydrogen (secondary N) is 2. The minimum Gasteiger partial charge on any atom is -0.455 e. The summed E-state index contributed by atoms with van der Waals surface area (Å²) in [5.41, 5.74) is 3.65. The van der Waals surface area contributed by atoms with Crippen molar-refractivity contribution < 1.29 is 9.47 Å². The van der Waals surface area contributed by atoms with Gasteiger partial charge in [-0.25, -0.2) is 9.97 Å². The number of anilines is 2. The standard InChI is InChI=1S/C26H23N5O2/c1-18-13-20(6-9-25(18)33-22-3-2-10-27-16-22)31-26-23-14-19(5-8-24(23)29-17-30-26)4-7-21-15-28-11-12-32-21/h2-3,5-6,8-10,13-14,16-17,21,28H,11-12,15H2,1H3,(H,29,30,31). The van der Waals surface area contributed by atoms with Crippen molar-refractivity contribution in [2.24, 2.45) is 0 Å². The first-order valence-corrected chi connectivity index (χ1v) is 10.8. The Labute approximate surface area is 192 Å². The highest BCUT2D eigenvalue weighted by atomic mass is 16.5. The third kappa shape index (κ3) is 5.09. The average molecular weight is 438 g/mol. The maximum absolute atomic E-state index is 5.93. The second-order valence-corrected chi connectivity index (χ2v) is 7.68. The minimum atomic E-state index is -0.0885. The lowest BCUT2D eigenvalue weighted by molar-refractivity contribution is 0.0651. The van der Waals surface area contributed by atoms with Gasteiger partial charge in [0.05, 0.1) is 18.3 Å². The van der Waals surface area contributed by atoms with Gasteiger partial charge >= 0.3 is 0 Å². The van der Waals surface area contributed by atoms with E-state index in [1.807, 2.05) is 55.5 Å². The van der Waals surface area contributed by atoms with Gasteiger partial charge < -0.3 is 20.1 Å². The SMILES string of the molecule is Cc1cc(Nc2ncnc3ccc(C#CC4CNCCO4)cc23)ccc1Oc1cccnc1. The van der Waals surface area contributed by atoms with Crippen molar-refractivity contribution >= 4 is 22.4 Å². The van der Waals surface area contributed by atoms with E-state index in [1.54, 1.807) is 18.7 Å². The maximum atomic E-state index is 5.93. The van der Waals surface area contributed by atoms with E-state index in [9.17, 15) is 0 Å². The molecule has 0 bridgehead atoms. The van der Waals surface area contributed by atoms with Crippen molar-refractivity contribution in [2.75, 3.05) is 25.0 Å². The molecule has 5 rings (SSSR count). The number of hydrogen-bond acceptors (Lipinski definition) is 7. The van der Waals surface area contributed by atoms with Gasteiger partial charge in [-0.15, -0.1) is 0 Å². The number of aryl methyl sites for hydroxylation is 1. The predicted molar refractivity (Wildman–Crippen MR) is 128 cm³/mol. The molecule has 1 fully saturated rings. The highest BCUT2D eigenvalue weighted by molar-refractivity contribution is 5.91. The number of morpholine rings is 1. The molecule has 1 atom stereocenters. The first kappa shape index (κ1) is 20.9. The lowest BCUT2D eigenvalue weighted by Crippen LogP contribution is -2.37. The molecule has 0 radical (unpaired) electrons. The van der Waals surface area contributed by atoms with Gasteiger partial charge in [-0.3, -0.25) is 4.98 Å². The summed E-state index contributed by atoms with van der Waals surface area (Å²) >= 11 is 0. The normalized spacial score (nSPS) is 15.5. The van der Waals surface area contributed by atoms with E-state index in [2.05, 4.69) is 37.4 Å². The number of rotatable bonds is 4. The summed E-state index contributed by atoms with van der Waals surface area (Å²) in [5.74, 6) is 8.61. The van der Waals surface area contributed by atoms with E-state index in [-0.39, 0.29) is 6.10 Å². The highest BCUT2D eigenvalue weighted by Gasteiger charge is 2.10. The predicted octanol–water partition coefficient (Wildman–Crippen LogP) is 4.21. The first-order valence-electron chi connectivity index (χ1n) is 10.8. The number of fused-ring (bicyclic) bond motifs is 1. The van der Waals surface area contributed by atoms with Crippen LogP contribution in [0.5, 0.6) is 11.5 Å². The molecular formula is C26H23N5O2. The molecule has 0 aliphatic carbocycles. The molecule has 0 spiro atoms. The lowest BCUT2D eigenvalue weighted by atomic mass is 10.1. The van der Waals surface area contributed by atoms with Crippen molar-refractivity contribution in [1.82, 2.24) is 20.3 Å². The molecule has 4 aromatic rings. The molecule has 1 aliphatic rings. The summed E-state index contributed by atoms with van der Waals surface area (Å²) in [6, 6.07) is 15.6. The quantitative estimate of drug-likeness (QED) is 0.463. The fourth-order valence-corrected chi connectivity index (χ4v) is 3.57. The Hall–Kier alpha value is -3.99. The van der Waals surface area contributed by atoms with Crippen LogP contribution in [0.25, 0.3) is 10.9 Å². The van der Waals surface area contributed by atoms with Gasteiger partial charge in [0, 0.05) is 35.9 Å². The van der Waals surface area contributed by atoms with Crippen molar-refractivity contribution in [2.45, 2.75) is 13.0 Å². The van der Waals surface area contributed by atoms with Crippen molar-refractivity contribution in [3.63, 3.8) is 0 Å². The summed E-state index contributed by atoms with van der Waals surface area (Å²) in [4.78, 5) is 13.0. The molecule has 2 aromatic carbocycles. The number of hydrogen-bond donors (Lipinski definition) is 2. The summed E-state index contributed by atoms with van der Waals surface area (Å²) in [7, 11) is 0. The van der Waals surface area contributed by atoms with Gasteiger partial charge in [0.2, 0.25) is 0 Å². The van der Waals surface area contributed by atoms with Crippen LogP contribution < -0.4 is 15.4 Å². The lowest BCUT2D eigenvalue weighted by Gasteiger charge is -2.18. The van der Waals surface area contributed by atoms with Gasteiger partial charge in [0.15, 0.2) is 0 Å². The third-order valence-electron chi connectivity index (χ3n) is 5.24. The Morgan fingerprint density at radius 2 is 2.12 bits per heavy atom. The van der Waals surface area contributed by atoms with E-state index in [4.69, 9.17) is 9.47 Å². The number of ether oxygens (including phenoxy) is 2. The number of pyridine rings is 1. The molecule has 33 heavy (non-hydrogen) atoms. The summed E-state index contributed by atoms with van der Waals surface area (Å²) in [5, 5.41) is 7.60. The summed E-state index contributed by atoms with van der Waals surface area (Å²) in [6.07, 6.45) is 4.88. The maximum Gasteiger partial charge on any atom is 0.145 e. The Bertz CT molecular complexity index is 1330. The minimum absolute atomic E-state index is 0.0885. The largest absolute Gasteiger partial charge is 0.455 e. The van der Waals surface area contributed by atoms with Gasteiger partial charge in [0.1, 0.15) is 29.7 Å². The Kier molecular flexibility index (Phi) is 6.11. The Morgan fingerprint density at radius 3 is 2.94 bits per heavy atom. The highest BCUT2D eigenvalue weighted by Crippen LogP contribution is 2.29. The van der Waals surface area contributed by atoms with E-state index >= 15 is 0 Å². The van der Waals surface area contributed by atoms with Crippen molar-refractivity contribution in [3.8, 4) is 23.3 Å². The molecule has 1 unspecified atom stereocenters. The molecule has 1 aliphatic heterocycles. The fourth-order valence-electron chi connectivity index (χ4n) is 3.57. The van der Waals surface area contributed by atoms with E-state index in [0.29, 0.717) is 12.4 Å². The zero-order chi connectivity index (χ0) is 22.5. The molecular weight excluding hydrogens is 414 g/mol. The van der Waals surface area contributed by atoms with Crippen LogP contribution in [-0.4, -0.2) is 40.8 Å². The topological polar surface area (TPSA) is 81.2 Å². The second kappa shape index (κ2) is 9.65. The zero-order valence-corrected chi connectivity index (χ0v) is 18.2. The van der Waals surface area contributed by atoms with E-state index in [1.165, 1.54) is 0 Å². The number of nitrogens with zero attached hydrogens (tertiary/aromatic N) is 3. The van der Waals surface area contributed by atoms with Gasteiger partial charge in [-0.1, -0.05) is 11.8 Å². The second-order valence-electron chi connectivity index (χ2n) is 7.68. The van der Waals surface area contributed by atoms with Gasteiger partial charge in [-0.05, 0) is 61.0 Å². The molecule has 0 saturated carbocycles. The first-order chi connectivity index (χ1) is 16.2. The number of benzene rings is 2. The summed E-state index contributed by atoms with van der Waals surface area (Å²) in [6.45, 7) is 4.31. The van der Waals surface area contributed by atoms with Crippen LogP contribution in [-0.2, 0) is 4.74 Å². The molecule has 1 saturated heterocycles. The van der Waals surface area contributed by atoms with E-state index in [0.717, 1.165) is 52.4 Å². The summed E-state index contributed by atoms with van der Waals surface area (Å²) < 4.78 is 11.6. The molecule has 7 heteroatoms. The fraction of sp³-hybridized carbons (Fsp3) is 0.192. The van der Waals surface area contributed by atoms with Crippen LogP contribution in [0.3, 0.4) is 0 Å². The zero-order valence-electron chi connectivity index (χ0n) is 18.2. The Morgan fingerprint density at radius 1 is 1.15 bits per heavy atom. The third-order valence-corrected chi connectivity index (χ3v) is 5.24. The molecule has 3 heterocycles. The van der Waals surface area contributed by atoms with Gasteiger partial charge in [0.25, 0.3) is 0 Å². The number of aromatic nitrogens is 3. The molecule has 2 aromatic heterocycles. The van der Waals surface area contributed by atoms with Crippen molar-refractivity contribution in [1.29, 1.82) is 0 Å².